The number of aliphatic hydroxyl groups is 1. The molecule has 3 nitrogen and oxygen atoms in total. The van der Waals surface area contributed by atoms with E-state index in [9.17, 15) is 18.3 Å². The molecule has 0 fully saturated rings. The first kappa shape index (κ1) is 14.3. The van der Waals surface area contributed by atoms with Crippen LogP contribution in [0.15, 0.2) is 47.0 Å². The Morgan fingerprint density at radius 3 is 2.09 bits per heavy atom. The quantitative estimate of drug-likeness (QED) is 0.798. The summed E-state index contributed by atoms with van der Waals surface area (Å²) >= 11 is 0. The zero-order valence-corrected chi connectivity index (χ0v) is 11.2. The Labute approximate surface area is 123 Å². The fourth-order valence-electron chi connectivity index (χ4n) is 2.20. The van der Waals surface area contributed by atoms with E-state index >= 15 is 0 Å². The summed E-state index contributed by atoms with van der Waals surface area (Å²) in [6.45, 7) is -0.441. The monoisotopic (exact) mass is 305 g/mol. The number of hydrogen-bond acceptors (Lipinski definition) is 3. The van der Waals surface area contributed by atoms with Crippen LogP contribution in [0.2, 0.25) is 0 Å². The van der Waals surface area contributed by atoms with Crippen LogP contribution in [0.25, 0.3) is 22.6 Å². The highest BCUT2D eigenvalue weighted by Gasteiger charge is 2.19. The van der Waals surface area contributed by atoms with Crippen LogP contribution in [0.1, 0.15) is 5.56 Å². The highest BCUT2D eigenvalue weighted by atomic mass is 19.1. The van der Waals surface area contributed by atoms with Gasteiger partial charge in [-0.25, -0.2) is 13.2 Å². The van der Waals surface area contributed by atoms with Crippen LogP contribution >= 0.6 is 0 Å². The van der Waals surface area contributed by atoms with Crippen molar-refractivity contribution in [2.45, 2.75) is 6.61 Å². The van der Waals surface area contributed by atoms with Gasteiger partial charge in [-0.3, -0.25) is 0 Å². The molecular weight excluding hydrogens is 295 g/mol. The fraction of sp³-hybridized carbons (Fsp3) is 0.0625. The maximum absolute atomic E-state index is 13.3. The summed E-state index contributed by atoms with van der Waals surface area (Å²) < 4.78 is 44.8. The average molecular weight is 305 g/mol. The third-order valence-electron chi connectivity index (χ3n) is 3.19. The Morgan fingerprint density at radius 2 is 1.50 bits per heavy atom. The molecule has 0 saturated carbocycles. The molecule has 6 heteroatoms. The minimum Gasteiger partial charge on any atom is -0.391 e. The molecule has 22 heavy (non-hydrogen) atoms. The summed E-state index contributed by atoms with van der Waals surface area (Å²) in [5, 5.41) is 13.3. The molecule has 3 rings (SSSR count). The molecule has 0 saturated heterocycles. The molecule has 3 aromatic rings. The van der Waals surface area contributed by atoms with Crippen molar-refractivity contribution in [2.24, 2.45) is 0 Å². The highest BCUT2D eigenvalue weighted by Crippen LogP contribution is 2.33. The Bertz CT molecular complexity index is 793. The molecule has 0 bridgehead atoms. The van der Waals surface area contributed by atoms with Crippen molar-refractivity contribution in [3.8, 4) is 22.6 Å². The van der Waals surface area contributed by atoms with Gasteiger partial charge in [-0.15, -0.1) is 0 Å². The van der Waals surface area contributed by atoms with Crippen LogP contribution in [-0.4, -0.2) is 10.3 Å². The van der Waals surface area contributed by atoms with Crippen molar-refractivity contribution in [1.82, 2.24) is 5.16 Å². The first-order chi connectivity index (χ1) is 10.6. The topological polar surface area (TPSA) is 46.3 Å². The summed E-state index contributed by atoms with van der Waals surface area (Å²) in [6.07, 6.45) is 0. The minimum absolute atomic E-state index is 0.139. The molecule has 0 atom stereocenters. The summed E-state index contributed by atoms with van der Waals surface area (Å²) in [4.78, 5) is 0. The molecular formula is C16H10F3NO2. The highest BCUT2D eigenvalue weighted by molar-refractivity contribution is 5.72. The molecule has 0 aliphatic carbocycles. The van der Waals surface area contributed by atoms with Gasteiger partial charge in [-0.1, -0.05) is 5.16 Å². The standard InChI is InChI=1S/C16H10F3NO2/c17-11-3-1-9(2-4-11)16-14(8-21)15(20-22-16)10-5-12(18)7-13(19)6-10/h1-7,21H,8H2. The van der Waals surface area contributed by atoms with Gasteiger partial charge in [0.25, 0.3) is 0 Å². The lowest BCUT2D eigenvalue weighted by molar-refractivity contribution is 0.281. The van der Waals surface area contributed by atoms with Gasteiger partial charge in [0.1, 0.15) is 23.1 Å². The van der Waals surface area contributed by atoms with E-state index in [1.165, 1.54) is 24.3 Å². The molecule has 0 amide bonds. The molecule has 112 valence electrons. The SMILES string of the molecule is OCc1c(-c2cc(F)cc(F)c2)noc1-c1ccc(F)cc1. The van der Waals surface area contributed by atoms with Crippen LogP contribution in [0.4, 0.5) is 13.2 Å². The zero-order valence-electron chi connectivity index (χ0n) is 11.2. The van der Waals surface area contributed by atoms with E-state index < -0.39 is 24.1 Å². The molecule has 1 heterocycles. The van der Waals surface area contributed by atoms with E-state index in [-0.39, 0.29) is 22.6 Å². The number of aromatic nitrogens is 1. The molecule has 2 aromatic carbocycles. The summed E-state index contributed by atoms with van der Waals surface area (Å²) in [6, 6.07) is 8.32. The zero-order chi connectivity index (χ0) is 15.7. The van der Waals surface area contributed by atoms with E-state index in [1.807, 2.05) is 0 Å². The summed E-state index contributed by atoms with van der Waals surface area (Å²) in [7, 11) is 0. The van der Waals surface area contributed by atoms with Crippen LogP contribution in [0.5, 0.6) is 0 Å². The lowest BCUT2D eigenvalue weighted by Gasteiger charge is -2.02. The maximum Gasteiger partial charge on any atom is 0.173 e. The van der Waals surface area contributed by atoms with Crippen molar-refractivity contribution in [2.75, 3.05) is 0 Å². The van der Waals surface area contributed by atoms with Gasteiger partial charge in [0.15, 0.2) is 5.76 Å². The van der Waals surface area contributed by atoms with Crippen LogP contribution in [-0.2, 0) is 6.61 Å². The van der Waals surface area contributed by atoms with Crippen LogP contribution in [0, 0.1) is 17.5 Å². The average Bonchev–Trinajstić information content (AvgIpc) is 2.91. The van der Waals surface area contributed by atoms with Gasteiger partial charge in [0, 0.05) is 17.2 Å². The van der Waals surface area contributed by atoms with E-state index in [2.05, 4.69) is 5.16 Å². The van der Waals surface area contributed by atoms with E-state index in [0.717, 1.165) is 18.2 Å². The first-order valence-electron chi connectivity index (χ1n) is 6.40. The van der Waals surface area contributed by atoms with Gasteiger partial charge >= 0.3 is 0 Å². The number of rotatable bonds is 3. The molecule has 1 N–H and O–H groups in total. The number of hydrogen-bond donors (Lipinski definition) is 1. The lowest BCUT2D eigenvalue weighted by atomic mass is 10.0. The van der Waals surface area contributed by atoms with Gasteiger partial charge in [-0.05, 0) is 36.4 Å². The second-order valence-corrected chi connectivity index (χ2v) is 4.66. The normalized spacial score (nSPS) is 10.9. The molecule has 1 aromatic heterocycles. The minimum atomic E-state index is -0.759. The molecule has 0 aliphatic heterocycles. The van der Waals surface area contributed by atoms with Crippen LogP contribution in [0.3, 0.4) is 0 Å². The Balaban J connectivity index is 2.12. The van der Waals surface area contributed by atoms with E-state index in [0.29, 0.717) is 5.56 Å². The largest absolute Gasteiger partial charge is 0.391 e. The number of halogens is 3. The molecule has 0 radical (unpaired) electrons. The second kappa shape index (κ2) is 5.65. The van der Waals surface area contributed by atoms with E-state index in [4.69, 9.17) is 4.52 Å². The van der Waals surface area contributed by atoms with Gasteiger partial charge in [-0.2, -0.15) is 0 Å². The fourth-order valence-corrected chi connectivity index (χ4v) is 2.20. The smallest absolute Gasteiger partial charge is 0.173 e. The predicted molar refractivity (Wildman–Crippen MR) is 73.2 cm³/mol. The maximum atomic E-state index is 13.3. The van der Waals surface area contributed by atoms with Crippen LogP contribution < -0.4 is 0 Å². The van der Waals surface area contributed by atoms with Gasteiger partial charge < -0.3 is 9.63 Å². The lowest BCUT2D eigenvalue weighted by Crippen LogP contribution is -1.91. The third kappa shape index (κ3) is 2.60. The summed E-state index contributed by atoms with van der Waals surface area (Å²) in [5.41, 5.74) is 1.07. The Hall–Kier alpha value is -2.60. The second-order valence-electron chi connectivity index (χ2n) is 4.66. The summed E-state index contributed by atoms with van der Waals surface area (Å²) in [5.74, 6) is -1.71. The first-order valence-corrected chi connectivity index (χ1v) is 6.40. The van der Waals surface area contributed by atoms with Crippen molar-refractivity contribution >= 4 is 0 Å². The molecule has 0 unspecified atom stereocenters. The number of benzene rings is 2. The number of nitrogens with zero attached hydrogens (tertiary/aromatic N) is 1. The van der Waals surface area contributed by atoms with E-state index in [1.54, 1.807) is 0 Å². The van der Waals surface area contributed by atoms with Gasteiger partial charge in [0.2, 0.25) is 0 Å². The predicted octanol–water partition coefficient (Wildman–Crippen LogP) is 3.92. The van der Waals surface area contributed by atoms with Crippen molar-refractivity contribution in [3.63, 3.8) is 0 Å². The molecule has 0 aliphatic rings. The Kier molecular flexibility index (Phi) is 3.68. The van der Waals surface area contributed by atoms with Crippen molar-refractivity contribution in [1.29, 1.82) is 0 Å². The van der Waals surface area contributed by atoms with Crippen molar-refractivity contribution < 1.29 is 22.8 Å². The Morgan fingerprint density at radius 1 is 0.864 bits per heavy atom. The van der Waals surface area contributed by atoms with Crippen molar-refractivity contribution in [3.05, 3.63) is 65.5 Å². The van der Waals surface area contributed by atoms with Gasteiger partial charge in [0.05, 0.1) is 12.2 Å². The number of aliphatic hydroxyl groups excluding tert-OH is 1. The third-order valence-corrected chi connectivity index (χ3v) is 3.19. The molecule has 0 spiro atoms.